The molecule has 2 amide bonds. The number of rotatable bonds is 4. The minimum atomic E-state index is -4.73. The molecule has 1 aromatic rings. The molecule has 10 nitrogen and oxygen atoms in total. The topological polar surface area (TPSA) is 139 Å². The quantitative estimate of drug-likeness (QED) is 0.722. The Hall–Kier alpha value is -1.34. The number of aromatic nitrogens is 2. The maximum atomic E-state index is 12.4. The van der Waals surface area contributed by atoms with Crippen LogP contribution in [0.1, 0.15) is 47.7 Å². The van der Waals surface area contributed by atoms with Gasteiger partial charge in [-0.25, -0.2) is 4.79 Å². The summed E-state index contributed by atoms with van der Waals surface area (Å²) in [5.41, 5.74) is 5.80. The molecule has 0 spiro atoms. The molecule has 3 aliphatic rings. The molecule has 132 valence electrons. The lowest BCUT2D eigenvalue weighted by Gasteiger charge is -2.30. The fourth-order valence-corrected chi connectivity index (χ4v) is 5.00. The predicted molar refractivity (Wildman–Crippen MR) is 82.2 cm³/mol. The van der Waals surface area contributed by atoms with E-state index in [4.69, 9.17) is 10.3 Å². The SMILES string of the molecule is NC1CC(c2nnc([C@@H]3CC[C@H]4CN3C(=O)N4OS(=O)(=O)O)s2)C1. The van der Waals surface area contributed by atoms with Gasteiger partial charge >= 0.3 is 16.4 Å². The number of hydrogen-bond acceptors (Lipinski definition) is 8. The van der Waals surface area contributed by atoms with Crippen molar-refractivity contribution in [3.63, 3.8) is 0 Å². The lowest BCUT2D eigenvalue weighted by molar-refractivity contribution is -0.0317. The summed E-state index contributed by atoms with van der Waals surface area (Å²) in [6, 6.07) is -0.997. The molecule has 1 aliphatic carbocycles. The summed E-state index contributed by atoms with van der Waals surface area (Å²) in [5, 5.41) is 10.9. The molecule has 0 unspecified atom stereocenters. The van der Waals surface area contributed by atoms with Crippen molar-refractivity contribution in [1.29, 1.82) is 0 Å². The molecule has 3 fully saturated rings. The van der Waals surface area contributed by atoms with Crippen LogP contribution in [-0.4, -0.2) is 57.8 Å². The van der Waals surface area contributed by atoms with Gasteiger partial charge in [-0.15, -0.1) is 14.5 Å². The number of hydroxylamine groups is 2. The third kappa shape index (κ3) is 2.77. The van der Waals surface area contributed by atoms with Crippen molar-refractivity contribution in [2.45, 2.75) is 49.7 Å². The second-order valence-electron chi connectivity index (χ2n) is 6.42. The van der Waals surface area contributed by atoms with E-state index >= 15 is 0 Å². The molecule has 2 aliphatic heterocycles. The molecule has 4 rings (SSSR count). The van der Waals surface area contributed by atoms with Gasteiger partial charge < -0.3 is 10.6 Å². The van der Waals surface area contributed by atoms with Crippen LogP contribution in [0.4, 0.5) is 4.79 Å². The van der Waals surface area contributed by atoms with Crippen LogP contribution in [0.3, 0.4) is 0 Å². The Morgan fingerprint density at radius 3 is 2.62 bits per heavy atom. The number of hydrogen-bond donors (Lipinski definition) is 2. The number of amides is 2. The third-order valence-corrected chi connectivity index (χ3v) is 6.30. The van der Waals surface area contributed by atoms with Crippen molar-refractivity contribution < 1.29 is 22.0 Å². The first-order valence-electron chi connectivity index (χ1n) is 7.67. The van der Waals surface area contributed by atoms with Crippen molar-refractivity contribution in [2.24, 2.45) is 5.73 Å². The Morgan fingerprint density at radius 2 is 1.96 bits per heavy atom. The van der Waals surface area contributed by atoms with Gasteiger partial charge in [0.1, 0.15) is 10.0 Å². The Balaban J connectivity index is 1.51. The predicted octanol–water partition coefficient (Wildman–Crippen LogP) is 0.418. The monoisotopic (exact) mass is 375 g/mol. The molecule has 0 radical (unpaired) electrons. The van der Waals surface area contributed by atoms with Gasteiger partial charge in [0.05, 0.1) is 12.1 Å². The Kier molecular flexibility index (Phi) is 3.76. The van der Waals surface area contributed by atoms with E-state index in [9.17, 15) is 13.2 Å². The van der Waals surface area contributed by atoms with Crippen LogP contribution in [0.5, 0.6) is 0 Å². The van der Waals surface area contributed by atoms with E-state index < -0.39 is 22.5 Å². The summed E-state index contributed by atoms with van der Waals surface area (Å²) in [5.74, 6) is 0.344. The molecule has 3 N–H and O–H groups in total. The van der Waals surface area contributed by atoms with Crippen LogP contribution < -0.4 is 5.73 Å². The van der Waals surface area contributed by atoms with Crippen LogP contribution in [-0.2, 0) is 14.7 Å². The molecule has 24 heavy (non-hydrogen) atoms. The smallest absolute Gasteiger partial charge is 0.328 e. The number of urea groups is 1. The first kappa shape index (κ1) is 16.1. The Morgan fingerprint density at radius 1 is 1.25 bits per heavy atom. The first-order chi connectivity index (χ1) is 11.3. The number of nitrogens with zero attached hydrogens (tertiary/aromatic N) is 4. The first-order valence-corrected chi connectivity index (χ1v) is 9.85. The Bertz CT molecular complexity index is 762. The zero-order valence-corrected chi connectivity index (χ0v) is 14.2. The van der Waals surface area contributed by atoms with Crippen molar-refractivity contribution in [1.82, 2.24) is 20.2 Å². The highest BCUT2D eigenvalue weighted by Gasteiger charge is 2.48. The van der Waals surface area contributed by atoms with Crippen LogP contribution in [0.2, 0.25) is 0 Å². The molecule has 1 aromatic heterocycles. The molecule has 1 saturated carbocycles. The van der Waals surface area contributed by atoms with Crippen molar-refractivity contribution in [2.75, 3.05) is 6.54 Å². The number of nitrogens with two attached hydrogens (primary N) is 1. The second-order valence-corrected chi connectivity index (χ2v) is 8.46. The summed E-state index contributed by atoms with van der Waals surface area (Å²) in [7, 11) is -4.73. The van der Waals surface area contributed by atoms with E-state index in [0.717, 1.165) is 27.9 Å². The van der Waals surface area contributed by atoms with Gasteiger partial charge in [-0.2, -0.15) is 13.5 Å². The number of carbonyl (C=O) groups excluding carboxylic acids is 1. The van der Waals surface area contributed by atoms with Crippen LogP contribution in [0.15, 0.2) is 0 Å². The maximum Gasteiger partial charge on any atom is 0.418 e. The standard InChI is InChI=1S/C12H17N5O5S2/c13-7-3-6(4-7)10-14-15-11(23-10)9-2-1-8-5-16(9)12(18)17(8)22-24(19,20)21/h6-9H,1-5,13H2,(H,19,20,21)/t6?,7?,8-,9-/m0/s1. The van der Waals surface area contributed by atoms with Crippen LogP contribution in [0, 0.1) is 0 Å². The minimum Gasteiger partial charge on any atom is -0.328 e. The van der Waals surface area contributed by atoms with E-state index in [1.165, 1.54) is 16.2 Å². The fraction of sp³-hybridized carbons (Fsp3) is 0.750. The van der Waals surface area contributed by atoms with Crippen molar-refractivity contribution >= 4 is 27.8 Å². The highest BCUT2D eigenvalue weighted by Crippen LogP contribution is 2.42. The lowest BCUT2D eigenvalue weighted by atomic mass is 9.81. The molecule has 0 aromatic carbocycles. The van der Waals surface area contributed by atoms with Gasteiger partial charge in [0.2, 0.25) is 0 Å². The van der Waals surface area contributed by atoms with E-state index in [1.54, 1.807) is 0 Å². The molecular weight excluding hydrogens is 358 g/mol. The summed E-state index contributed by atoms with van der Waals surface area (Å²) in [6.45, 7) is 0.336. The molecule has 2 saturated heterocycles. The normalized spacial score (nSPS) is 33.0. The third-order valence-electron chi connectivity index (χ3n) is 4.76. The molecule has 2 bridgehead atoms. The summed E-state index contributed by atoms with van der Waals surface area (Å²) >= 11 is 1.48. The summed E-state index contributed by atoms with van der Waals surface area (Å²) < 4.78 is 35.1. The fourth-order valence-electron chi connectivity index (χ4n) is 3.50. The number of carbonyl (C=O) groups is 1. The van der Waals surface area contributed by atoms with Crippen LogP contribution >= 0.6 is 11.3 Å². The van der Waals surface area contributed by atoms with Gasteiger partial charge in [-0.1, -0.05) is 11.3 Å². The Labute approximate surface area is 142 Å². The zero-order chi connectivity index (χ0) is 17.1. The summed E-state index contributed by atoms with van der Waals surface area (Å²) in [4.78, 5) is 13.9. The average Bonchev–Trinajstić information content (AvgIpc) is 3.04. The number of piperidine rings is 1. The van der Waals surface area contributed by atoms with E-state index in [2.05, 4.69) is 14.5 Å². The average molecular weight is 375 g/mol. The molecule has 12 heteroatoms. The van der Waals surface area contributed by atoms with E-state index in [0.29, 0.717) is 25.3 Å². The van der Waals surface area contributed by atoms with Crippen molar-refractivity contribution in [3.8, 4) is 0 Å². The van der Waals surface area contributed by atoms with Crippen molar-refractivity contribution in [3.05, 3.63) is 10.0 Å². The van der Waals surface area contributed by atoms with Gasteiger partial charge in [0, 0.05) is 18.5 Å². The summed E-state index contributed by atoms with van der Waals surface area (Å²) in [6.07, 6.45) is 3.01. The molecular formula is C12H17N5O5S2. The van der Waals surface area contributed by atoms with Crippen LogP contribution in [0.25, 0.3) is 0 Å². The number of fused-ring (bicyclic) bond motifs is 2. The van der Waals surface area contributed by atoms with Gasteiger partial charge in [-0.3, -0.25) is 4.55 Å². The zero-order valence-electron chi connectivity index (χ0n) is 12.6. The van der Waals surface area contributed by atoms with Gasteiger partial charge in [-0.05, 0) is 25.7 Å². The molecule has 2 atom stereocenters. The highest BCUT2D eigenvalue weighted by molar-refractivity contribution is 7.80. The minimum absolute atomic E-state index is 0.226. The van der Waals surface area contributed by atoms with Gasteiger partial charge in [0.25, 0.3) is 0 Å². The largest absolute Gasteiger partial charge is 0.418 e. The second kappa shape index (κ2) is 5.59. The van der Waals surface area contributed by atoms with E-state index in [-0.39, 0.29) is 12.1 Å². The van der Waals surface area contributed by atoms with E-state index in [1.807, 2.05) is 0 Å². The lowest BCUT2D eigenvalue weighted by Crippen LogP contribution is -2.35. The van der Waals surface area contributed by atoms with Gasteiger partial charge in [0.15, 0.2) is 0 Å². The molecule has 3 heterocycles. The highest BCUT2D eigenvalue weighted by atomic mass is 32.3. The maximum absolute atomic E-state index is 12.4.